The zero-order chi connectivity index (χ0) is 14.7. The Balaban J connectivity index is 1.74. The van der Waals surface area contributed by atoms with Crippen LogP contribution < -0.4 is 11.1 Å². The van der Waals surface area contributed by atoms with Gasteiger partial charge in [0.05, 0.1) is 5.56 Å². The van der Waals surface area contributed by atoms with Gasteiger partial charge in [0, 0.05) is 24.6 Å². The summed E-state index contributed by atoms with van der Waals surface area (Å²) in [5, 5.41) is 3.37. The normalized spacial score (nSPS) is 13.0. The summed E-state index contributed by atoms with van der Waals surface area (Å²) in [6, 6.07) is 6.14. The smallest absolute Gasteiger partial charge is 0.136 e. The Labute approximate surface area is 129 Å². The second-order valence-corrected chi connectivity index (χ2v) is 5.68. The van der Waals surface area contributed by atoms with E-state index in [9.17, 15) is 0 Å². The van der Waals surface area contributed by atoms with Crippen molar-refractivity contribution in [1.29, 1.82) is 0 Å². The van der Waals surface area contributed by atoms with E-state index in [0.717, 1.165) is 37.2 Å². The van der Waals surface area contributed by atoms with Gasteiger partial charge in [-0.05, 0) is 55.0 Å². The van der Waals surface area contributed by atoms with Gasteiger partial charge in [-0.1, -0.05) is 12.2 Å². The van der Waals surface area contributed by atoms with E-state index in [1.807, 2.05) is 24.5 Å². The quantitative estimate of drug-likeness (QED) is 0.829. The molecule has 2 aromatic heterocycles. The van der Waals surface area contributed by atoms with Gasteiger partial charge in [0.1, 0.15) is 10.8 Å². The molecule has 0 aliphatic heterocycles. The van der Waals surface area contributed by atoms with E-state index in [1.54, 1.807) is 0 Å². The molecule has 108 valence electrons. The summed E-state index contributed by atoms with van der Waals surface area (Å²) in [4.78, 5) is 9.14. The highest BCUT2D eigenvalue weighted by Gasteiger charge is 2.17. The molecule has 0 spiro atoms. The molecule has 0 saturated heterocycles. The predicted molar refractivity (Wildman–Crippen MR) is 88.6 cm³/mol. The van der Waals surface area contributed by atoms with E-state index in [0.29, 0.717) is 4.99 Å². The van der Waals surface area contributed by atoms with E-state index in [-0.39, 0.29) is 0 Å². The van der Waals surface area contributed by atoms with Crippen molar-refractivity contribution in [2.24, 2.45) is 5.73 Å². The molecule has 1 aliphatic carbocycles. The summed E-state index contributed by atoms with van der Waals surface area (Å²) in [5.41, 5.74) is 10.4. The third-order valence-electron chi connectivity index (χ3n) is 3.77. The molecule has 0 fully saturated rings. The minimum Gasteiger partial charge on any atom is -0.389 e. The first-order chi connectivity index (χ1) is 10.2. The van der Waals surface area contributed by atoms with Crippen LogP contribution in [0.4, 0.5) is 5.82 Å². The molecule has 2 heterocycles. The van der Waals surface area contributed by atoms with Gasteiger partial charge in [-0.2, -0.15) is 0 Å². The maximum Gasteiger partial charge on any atom is 0.136 e. The Morgan fingerprint density at radius 3 is 2.86 bits per heavy atom. The monoisotopic (exact) mass is 298 g/mol. The summed E-state index contributed by atoms with van der Waals surface area (Å²) in [6.45, 7) is 0.797. The van der Waals surface area contributed by atoms with E-state index in [2.05, 4.69) is 16.4 Å². The van der Waals surface area contributed by atoms with Gasteiger partial charge in [0.2, 0.25) is 0 Å². The Morgan fingerprint density at radius 1 is 1.29 bits per heavy atom. The van der Waals surface area contributed by atoms with E-state index >= 15 is 0 Å². The number of hydrogen-bond donors (Lipinski definition) is 2. The highest BCUT2D eigenvalue weighted by Crippen LogP contribution is 2.25. The predicted octanol–water partition coefficient (Wildman–Crippen LogP) is 2.25. The van der Waals surface area contributed by atoms with Crippen LogP contribution in [0.3, 0.4) is 0 Å². The van der Waals surface area contributed by atoms with Crippen LogP contribution in [0.25, 0.3) is 0 Å². The van der Waals surface area contributed by atoms with Crippen LogP contribution >= 0.6 is 12.2 Å². The molecule has 2 aromatic rings. The van der Waals surface area contributed by atoms with Crippen molar-refractivity contribution in [3.05, 3.63) is 53.0 Å². The zero-order valence-electron chi connectivity index (χ0n) is 11.8. The third-order valence-corrected chi connectivity index (χ3v) is 3.99. The van der Waals surface area contributed by atoms with E-state index in [1.165, 1.54) is 23.2 Å². The van der Waals surface area contributed by atoms with E-state index < -0.39 is 0 Å². The first-order valence-corrected chi connectivity index (χ1v) is 7.60. The van der Waals surface area contributed by atoms with Gasteiger partial charge in [-0.15, -0.1) is 0 Å². The van der Waals surface area contributed by atoms with Gasteiger partial charge < -0.3 is 11.1 Å². The summed E-state index contributed by atoms with van der Waals surface area (Å²) >= 11 is 5.15. The van der Waals surface area contributed by atoms with Gasteiger partial charge >= 0.3 is 0 Å². The molecule has 5 heteroatoms. The maximum absolute atomic E-state index is 5.83. The minimum atomic E-state index is 0.406. The van der Waals surface area contributed by atoms with Crippen LogP contribution in [-0.2, 0) is 19.3 Å². The topological polar surface area (TPSA) is 63.8 Å². The molecule has 0 radical (unpaired) electrons. The molecule has 0 amide bonds. The SMILES string of the molecule is NC(=S)c1cc2c(nc1NCCc1ccncc1)CCC2. The number of fused-ring (bicyclic) bond motifs is 1. The largest absolute Gasteiger partial charge is 0.389 e. The van der Waals surface area contributed by atoms with Crippen LogP contribution in [0.1, 0.15) is 28.8 Å². The van der Waals surface area contributed by atoms with Crippen molar-refractivity contribution in [2.75, 3.05) is 11.9 Å². The number of nitrogens with zero attached hydrogens (tertiary/aromatic N) is 2. The van der Waals surface area contributed by atoms with Crippen LogP contribution in [-0.4, -0.2) is 21.5 Å². The number of anilines is 1. The van der Waals surface area contributed by atoms with Crippen molar-refractivity contribution >= 4 is 23.0 Å². The maximum atomic E-state index is 5.83. The lowest BCUT2D eigenvalue weighted by Crippen LogP contribution is -2.17. The highest BCUT2D eigenvalue weighted by molar-refractivity contribution is 7.80. The molecule has 21 heavy (non-hydrogen) atoms. The Morgan fingerprint density at radius 2 is 2.10 bits per heavy atom. The van der Waals surface area contributed by atoms with Crippen molar-refractivity contribution in [2.45, 2.75) is 25.7 Å². The lowest BCUT2D eigenvalue weighted by atomic mass is 10.1. The van der Waals surface area contributed by atoms with Gasteiger partial charge in [0.15, 0.2) is 0 Å². The third kappa shape index (κ3) is 3.19. The molecule has 3 N–H and O–H groups in total. The number of rotatable bonds is 5. The first-order valence-electron chi connectivity index (χ1n) is 7.19. The number of nitrogens with one attached hydrogen (secondary N) is 1. The second-order valence-electron chi connectivity index (χ2n) is 5.24. The summed E-state index contributed by atoms with van der Waals surface area (Å²) in [5.74, 6) is 0.817. The Kier molecular flexibility index (Phi) is 4.10. The van der Waals surface area contributed by atoms with Crippen molar-refractivity contribution < 1.29 is 0 Å². The standard InChI is InChI=1S/C16H18N4S/c17-15(21)13-10-12-2-1-3-14(12)20-16(13)19-9-6-11-4-7-18-8-5-11/h4-5,7-8,10H,1-3,6,9H2,(H2,17,21)(H,19,20). The molecule has 0 unspecified atom stereocenters. The molecule has 0 aromatic carbocycles. The van der Waals surface area contributed by atoms with Gasteiger partial charge in [-0.25, -0.2) is 4.98 Å². The first kappa shape index (κ1) is 13.9. The highest BCUT2D eigenvalue weighted by atomic mass is 32.1. The molecule has 0 atom stereocenters. The Bertz CT molecular complexity index is 655. The van der Waals surface area contributed by atoms with E-state index in [4.69, 9.17) is 22.9 Å². The van der Waals surface area contributed by atoms with Gasteiger partial charge in [0.25, 0.3) is 0 Å². The number of pyridine rings is 2. The van der Waals surface area contributed by atoms with Crippen LogP contribution in [0, 0.1) is 0 Å². The number of nitrogens with two attached hydrogens (primary N) is 1. The number of aromatic nitrogens is 2. The second kappa shape index (κ2) is 6.18. The fourth-order valence-corrected chi connectivity index (χ4v) is 2.82. The average molecular weight is 298 g/mol. The number of aryl methyl sites for hydroxylation is 2. The molecule has 1 aliphatic rings. The molecule has 3 rings (SSSR count). The van der Waals surface area contributed by atoms with Crippen molar-refractivity contribution in [3.8, 4) is 0 Å². The number of thiocarbonyl (C=S) groups is 1. The molecule has 4 nitrogen and oxygen atoms in total. The zero-order valence-corrected chi connectivity index (χ0v) is 12.6. The molecular weight excluding hydrogens is 280 g/mol. The van der Waals surface area contributed by atoms with Crippen molar-refractivity contribution in [1.82, 2.24) is 9.97 Å². The van der Waals surface area contributed by atoms with Crippen molar-refractivity contribution in [3.63, 3.8) is 0 Å². The molecule has 0 bridgehead atoms. The molecular formula is C16H18N4S. The van der Waals surface area contributed by atoms with Crippen LogP contribution in [0.15, 0.2) is 30.6 Å². The minimum absolute atomic E-state index is 0.406. The summed E-state index contributed by atoms with van der Waals surface area (Å²) < 4.78 is 0. The van der Waals surface area contributed by atoms with Gasteiger partial charge in [-0.3, -0.25) is 4.98 Å². The molecule has 0 saturated carbocycles. The lowest BCUT2D eigenvalue weighted by Gasteiger charge is -2.12. The Hall–Kier alpha value is -2.01. The van der Waals surface area contributed by atoms with Crippen LogP contribution in [0.2, 0.25) is 0 Å². The average Bonchev–Trinajstić information content (AvgIpc) is 2.94. The van der Waals surface area contributed by atoms with Crippen LogP contribution in [0.5, 0.6) is 0 Å². The fraction of sp³-hybridized carbons (Fsp3) is 0.312. The summed E-state index contributed by atoms with van der Waals surface area (Å²) in [7, 11) is 0. The summed E-state index contributed by atoms with van der Waals surface area (Å²) in [6.07, 6.45) is 7.83. The number of hydrogen-bond acceptors (Lipinski definition) is 4. The fourth-order valence-electron chi connectivity index (χ4n) is 2.67. The lowest BCUT2D eigenvalue weighted by molar-refractivity contribution is 0.898.